The number of fused-ring (bicyclic) bond motifs is 1. The average Bonchev–Trinajstić information content (AvgIpc) is 2.92. The van der Waals surface area contributed by atoms with Gasteiger partial charge in [0.1, 0.15) is 0 Å². The van der Waals surface area contributed by atoms with Crippen molar-refractivity contribution in [3.63, 3.8) is 0 Å². The largest absolute Gasteiger partial charge is 0.478 e. The lowest BCUT2D eigenvalue weighted by Crippen LogP contribution is -2.06. The molecule has 0 spiro atoms. The molecule has 0 radical (unpaired) electrons. The van der Waals surface area contributed by atoms with Crippen LogP contribution >= 0.6 is 11.6 Å². The highest BCUT2D eigenvalue weighted by Gasteiger charge is 2.35. The number of aromatic nitrogens is 4. The summed E-state index contributed by atoms with van der Waals surface area (Å²) in [5.41, 5.74) is 0.335. The van der Waals surface area contributed by atoms with E-state index in [9.17, 15) is 13.2 Å². The van der Waals surface area contributed by atoms with E-state index in [0.717, 1.165) is 0 Å². The second kappa shape index (κ2) is 5.58. The van der Waals surface area contributed by atoms with Crippen LogP contribution in [-0.2, 0) is 6.18 Å². The molecule has 0 aliphatic carbocycles. The number of H-pyrrole nitrogens is 1. The second-order valence-corrected chi connectivity index (χ2v) is 4.91. The van der Waals surface area contributed by atoms with Gasteiger partial charge >= 0.3 is 6.18 Å². The molecule has 23 heavy (non-hydrogen) atoms. The Balaban J connectivity index is 2.03. The van der Waals surface area contributed by atoms with E-state index in [4.69, 9.17) is 16.3 Å². The minimum atomic E-state index is -4.61. The topological polar surface area (TPSA) is 75.7 Å². The molecule has 0 aliphatic rings. The molecular formula is C13H9ClF3N5O. The number of rotatable bonds is 3. The molecule has 0 aliphatic heterocycles. The van der Waals surface area contributed by atoms with Crippen LogP contribution in [-0.4, -0.2) is 27.0 Å². The molecule has 0 saturated heterocycles. The van der Waals surface area contributed by atoms with Gasteiger partial charge < -0.3 is 15.0 Å². The summed E-state index contributed by atoms with van der Waals surface area (Å²) in [6, 6.07) is 6.67. The molecule has 3 aromatic rings. The van der Waals surface area contributed by atoms with Crippen LogP contribution in [0, 0.1) is 0 Å². The lowest BCUT2D eigenvalue weighted by molar-refractivity contribution is -0.144. The maximum absolute atomic E-state index is 12.7. The van der Waals surface area contributed by atoms with Crippen molar-refractivity contribution in [2.45, 2.75) is 6.18 Å². The van der Waals surface area contributed by atoms with Crippen LogP contribution < -0.4 is 10.1 Å². The number of nitrogens with zero attached hydrogens (tertiary/aromatic N) is 3. The van der Waals surface area contributed by atoms with Gasteiger partial charge in [-0.25, -0.2) is 9.97 Å². The molecular weight excluding hydrogens is 335 g/mol. The number of ether oxygens (including phenoxy) is 1. The molecule has 2 heterocycles. The molecule has 0 amide bonds. The van der Waals surface area contributed by atoms with Crippen molar-refractivity contribution in [3.05, 3.63) is 35.1 Å². The quantitative estimate of drug-likeness (QED) is 0.757. The van der Waals surface area contributed by atoms with Gasteiger partial charge in [0.05, 0.1) is 7.11 Å². The first kappa shape index (κ1) is 15.3. The average molecular weight is 344 g/mol. The first-order valence-electron chi connectivity index (χ1n) is 6.28. The predicted molar refractivity (Wildman–Crippen MR) is 78.0 cm³/mol. The number of alkyl halides is 3. The number of imidazole rings is 1. The third-order valence-corrected chi connectivity index (χ3v) is 3.12. The number of methoxy groups -OCH3 is 1. The van der Waals surface area contributed by atoms with Gasteiger partial charge in [0.2, 0.25) is 11.5 Å². The highest BCUT2D eigenvalue weighted by molar-refractivity contribution is 6.30. The Kier molecular flexibility index (Phi) is 3.72. The van der Waals surface area contributed by atoms with Crippen LogP contribution in [0.3, 0.4) is 0 Å². The Morgan fingerprint density at radius 2 is 1.83 bits per heavy atom. The van der Waals surface area contributed by atoms with E-state index in [1.165, 1.54) is 7.11 Å². The third kappa shape index (κ3) is 3.14. The SMILES string of the molecule is COc1nc2nc(C(F)(F)F)[nH]c2nc1Nc1ccc(Cl)cc1. The molecule has 2 N–H and O–H groups in total. The van der Waals surface area contributed by atoms with Gasteiger partial charge in [-0.05, 0) is 24.3 Å². The summed E-state index contributed by atoms with van der Waals surface area (Å²) in [7, 11) is 1.33. The summed E-state index contributed by atoms with van der Waals surface area (Å²) in [4.78, 5) is 13.4. The van der Waals surface area contributed by atoms with E-state index in [1.54, 1.807) is 24.3 Å². The van der Waals surface area contributed by atoms with Crippen LogP contribution in [0.4, 0.5) is 24.7 Å². The molecule has 120 valence electrons. The van der Waals surface area contributed by atoms with E-state index in [-0.39, 0.29) is 23.0 Å². The normalized spacial score (nSPS) is 11.7. The maximum Gasteiger partial charge on any atom is 0.449 e. The van der Waals surface area contributed by atoms with E-state index >= 15 is 0 Å². The summed E-state index contributed by atoms with van der Waals surface area (Å²) in [6.07, 6.45) is -4.61. The molecule has 3 rings (SSSR count). The first-order chi connectivity index (χ1) is 10.9. The van der Waals surface area contributed by atoms with Crippen molar-refractivity contribution in [2.75, 3.05) is 12.4 Å². The van der Waals surface area contributed by atoms with Gasteiger partial charge in [-0.1, -0.05) is 11.6 Å². The lowest BCUT2D eigenvalue weighted by Gasteiger charge is -2.08. The standard InChI is InChI=1S/C13H9ClF3N5O/c1-23-11-10(18-7-4-2-6(14)3-5-7)19-8-9(20-11)22-12(21-8)13(15,16)17/h2-5H,1H3,(H2,18,19,20,21,22). The minimum Gasteiger partial charge on any atom is -0.478 e. The lowest BCUT2D eigenvalue weighted by atomic mass is 10.3. The van der Waals surface area contributed by atoms with Crippen LogP contribution in [0.1, 0.15) is 5.82 Å². The van der Waals surface area contributed by atoms with Crippen molar-refractivity contribution in [1.29, 1.82) is 0 Å². The first-order valence-corrected chi connectivity index (χ1v) is 6.66. The smallest absolute Gasteiger partial charge is 0.449 e. The summed E-state index contributed by atoms with van der Waals surface area (Å²) >= 11 is 5.80. The van der Waals surface area contributed by atoms with Crippen LogP contribution in [0.25, 0.3) is 11.3 Å². The van der Waals surface area contributed by atoms with Crippen molar-refractivity contribution < 1.29 is 17.9 Å². The fourth-order valence-electron chi connectivity index (χ4n) is 1.85. The summed E-state index contributed by atoms with van der Waals surface area (Å²) in [6.45, 7) is 0. The van der Waals surface area contributed by atoms with Gasteiger partial charge in [-0.15, -0.1) is 0 Å². The second-order valence-electron chi connectivity index (χ2n) is 4.47. The summed E-state index contributed by atoms with van der Waals surface area (Å²) < 4.78 is 43.1. The molecule has 10 heteroatoms. The van der Waals surface area contributed by atoms with Crippen molar-refractivity contribution in [3.8, 4) is 5.88 Å². The Bertz CT molecular complexity index is 847. The van der Waals surface area contributed by atoms with E-state index < -0.39 is 12.0 Å². The van der Waals surface area contributed by atoms with Gasteiger partial charge in [-0.3, -0.25) is 0 Å². The Morgan fingerprint density at radius 3 is 2.43 bits per heavy atom. The van der Waals surface area contributed by atoms with Gasteiger partial charge in [0, 0.05) is 10.7 Å². The van der Waals surface area contributed by atoms with Gasteiger partial charge in [-0.2, -0.15) is 18.2 Å². The molecule has 0 saturated carbocycles. The Hall–Kier alpha value is -2.55. The van der Waals surface area contributed by atoms with Crippen LogP contribution in [0.2, 0.25) is 5.02 Å². The maximum atomic E-state index is 12.7. The number of anilines is 2. The molecule has 0 unspecified atom stereocenters. The zero-order valence-electron chi connectivity index (χ0n) is 11.6. The monoisotopic (exact) mass is 343 g/mol. The fraction of sp³-hybridized carbons (Fsp3) is 0.154. The summed E-state index contributed by atoms with van der Waals surface area (Å²) in [5.74, 6) is -0.995. The van der Waals surface area contributed by atoms with Crippen molar-refractivity contribution in [1.82, 2.24) is 19.9 Å². The molecule has 2 aromatic heterocycles. The van der Waals surface area contributed by atoms with E-state index in [1.807, 2.05) is 0 Å². The van der Waals surface area contributed by atoms with Crippen molar-refractivity contribution in [2.24, 2.45) is 0 Å². The van der Waals surface area contributed by atoms with E-state index in [0.29, 0.717) is 10.7 Å². The number of nitrogens with one attached hydrogen (secondary N) is 2. The highest BCUT2D eigenvalue weighted by Crippen LogP contribution is 2.30. The Labute approximate surface area is 132 Å². The predicted octanol–water partition coefficient (Wildman–Crippen LogP) is 3.78. The van der Waals surface area contributed by atoms with Crippen LogP contribution in [0.5, 0.6) is 5.88 Å². The number of aromatic amines is 1. The number of benzene rings is 1. The van der Waals surface area contributed by atoms with Crippen LogP contribution in [0.15, 0.2) is 24.3 Å². The zero-order chi connectivity index (χ0) is 16.6. The van der Waals surface area contributed by atoms with Gasteiger partial charge in [0.25, 0.3) is 5.88 Å². The van der Waals surface area contributed by atoms with Crippen molar-refractivity contribution >= 4 is 34.4 Å². The molecule has 0 atom stereocenters. The number of hydrogen-bond acceptors (Lipinski definition) is 5. The van der Waals surface area contributed by atoms with Gasteiger partial charge in [0.15, 0.2) is 11.5 Å². The molecule has 6 nitrogen and oxygen atoms in total. The summed E-state index contributed by atoms with van der Waals surface area (Å²) in [5, 5.41) is 3.45. The fourth-order valence-corrected chi connectivity index (χ4v) is 1.97. The molecule has 0 fully saturated rings. The Morgan fingerprint density at radius 1 is 1.13 bits per heavy atom. The third-order valence-electron chi connectivity index (χ3n) is 2.87. The highest BCUT2D eigenvalue weighted by atomic mass is 35.5. The number of hydrogen-bond donors (Lipinski definition) is 2. The molecule has 1 aromatic carbocycles. The van der Waals surface area contributed by atoms with E-state index in [2.05, 4.69) is 25.3 Å². The molecule has 0 bridgehead atoms. The zero-order valence-corrected chi connectivity index (χ0v) is 12.3. The minimum absolute atomic E-state index is 0.0210. The number of halogens is 4.